The van der Waals surface area contributed by atoms with Crippen molar-refractivity contribution < 1.29 is 17.9 Å². The van der Waals surface area contributed by atoms with Crippen molar-refractivity contribution in [1.29, 1.82) is 0 Å². The van der Waals surface area contributed by atoms with Gasteiger partial charge in [0.2, 0.25) is 5.91 Å². The first-order valence-corrected chi connectivity index (χ1v) is 8.87. The Kier molecular flexibility index (Phi) is 4.88. The summed E-state index contributed by atoms with van der Waals surface area (Å²) in [5.74, 6) is 0.804. The lowest BCUT2D eigenvalue weighted by Gasteiger charge is -2.12. The first-order valence-electron chi connectivity index (χ1n) is 7.05. The number of sulfone groups is 1. The zero-order valence-electron chi connectivity index (χ0n) is 12.4. The first-order chi connectivity index (χ1) is 9.84. The second kappa shape index (κ2) is 6.47. The predicted octanol–water partition coefficient (Wildman–Crippen LogP) is 1.38. The Morgan fingerprint density at radius 3 is 2.52 bits per heavy atom. The molecule has 116 valence electrons. The number of carbonyl (C=O) groups excluding carboxylic acids is 1. The number of hydrogen-bond acceptors (Lipinski definition) is 4. The molecule has 1 aromatic carbocycles. The van der Waals surface area contributed by atoms with Gasteiger partial charge in [0.05, 0.1) is 24.5 Å². The van der Waals surface area contributed by atoms with Crippen LogP contribution in [0.15, 0.2) is 18.2 Å². The van der Waals surface area contributed by atoms with E-state index in [2.05, 4.69) is 11.4 Å². The predicted molar refractivity (Wildman–Crippen MR) is 81.2 cm³/mol. The second-order valence-corrected chi connectivity index (χ2v) is 7.82. The Labute approximate surface area is 125 Å². The highest BCUT2D eigenvalue weighted by atomic mass is 32.2. The number of benzene rings is 1. The van der Waals surface area contributed by atoms with Gasteiger partial charge >= 0.3 is 0 Å². The molecule has 5 nitrogen and oxygen atoms in total. The molecule has 6 heteroatoms. The molecule has 0 spiro atoms. The van der Waals surface area contributed by atoms with Gasteiger partial charge in [-0.1, -0.05) is 6.07 Å². The summed E-state index contributed by atoms with van der Waals surface area (Å²) < 4.78 is 28.2. The van der Waals surface area contributed by atoms with Crippen LogP contribution in [0.25, 0.3) is 0 Å². The van der Waals surface area contributed by atoms with Crippen LogP contribution in [0.3, 0.4) is 0 Å². The van der Waals surface area contributed by atoms with E-state index in [-0.39, 0.29) is 36.5 Å². The SMILES string of the molecule is Cc1cc(C)cc(OCCC(=O)N[C@H]2CCS(=O)(=O)C2)c1. The van der Waals surface area contributed by atoms with Gasteiger partial charge in [-0.3, -0.25) is 4.79 Å². The third-order valence-corrected chi connectivity index (χ3v) is 5.16. The van der Waals surface area contributed by atoms with Crippen molar-refractivity contribution in [2.75, 3.05) is 18.1 Å². The highest BCUT2D eigenvalue weighted by molar-refractivity contribution is 7.91. The zero-order chi connectivity index (χ0) is 15.5. The molecule has 1 heterocycles. The molecule has 1 aliphatic rings. The first kappa shape index (κ1) is 15.8. The average Bonchev–Trinajstić information content (AvgIpc) is 2.67. The Morgan fingerprint density at radius 1 is 1.29 bits per heavy atom. The molecule has 0 radical (unpaired) electrons. The van der Waals surface area contributed by atoms with Crippen LogP contribution in [0, 0.1) is 13.8 Å². The molecule has 1 N–H and O–H groups in total. The van der Waals surface area contributed by atoms with Gasteiger partial charge in [-0.2, -0.15) is 0 Å². The van der Waals surface area contributed by atoms with Gasteiger partial charge in [-0.15, -0.1) is 0 Å². The maximum absolute atomic E-state index is 11.7. The monoisotopic (exact) mass is 311 g/mol. The number of ether oxygens (including phenoxy) is 1. The average molecular weight is 311 g/mol. The van der Waals surface area contributed by atoms with Gasteiger partial charge in [-0.25, -0.2) is 8.42 Å². The van der Waals surface area contributed by atoms with Crippen LogP contribution in [-0.2, 0) is 14.6 Å². The summed E-state index contributed by atoms with van der Waals surface area (Å²) in [6.07, 6.45) is 0.732. The number of nitrogens with one attached hydrogen (secondary N) is 1. The minimum absolute atomic E-state index is 0.0523. The number of rotatable bonds is 5. The number of hydrogen-bond donors (Lipinski definition) is 1. The van der Waals surface area contributed by atoms with Gasteiger partial charge in [0.1, 0.15) is 5.75 Å². The van der Waals surface area contributed by atoms with E-state index in [1.165, 1.54) is 0 Å². The fourth-order valence-electron chi connectivity index (χ4n) is 2.49. The molecule has 1 saturated heterocycles. The summed E-state index contributed by atoms with van der Waals surface area (Å²) in [7, 11) is -2.96. The van der Waals surface area contributed by atoms with E-state index in [0.717, 1.165) is 16.9 Å². The zero-order valence-corrected chi connectivity index (χ0v) is 13.2. The quantitative estimate of drug-likeness (QED) is 0.891. The van der Waals surface area contributed by atoms with Gasteiger partial charge in [0.15, 0.2) is 9.84 Å². The lowest BCUT2D eigenvalue weighted by molar-refractivity contribution is -0.122. The molecule has 1 atom stereocenters. The maximum Gasteiger partial charge on any atom is 0.223 e. The maximum atomic E-state index is 11.7. The molecule has 0 bridgehead atoms. The van der Waals surface area contributed by atoms with E-state index < -0.39 is 9.84 Å². The Bertz CT molecular complexity index is 604. The lowest BCUT2D eigenvalue weighted by Crippen LogP contribution is -2.36. The van der Waals surface area contributed by atoms with Crippen LogP contribution in [0.1, 0.15) is 24.0 Å². The van der Waals surface area contributed by atoms with Gasteiger partial charge in [0.25, 0.3) is 0 Å². The van der Waals surface area contributed by atoms with Crippen LogP contribution in [0.2, 0.25) is 0 Å². The Balaban J connectivity index is 1.74. The van der Waals surface area contributed by atoms with Crippen molar-refractivity contribution in [3.8, 4) is 5.75 Å². The van der Waals surface area contributed by atoms with Crippen LogP contribution >= 0.6 is 0 Å². The van der Waals surface area contributed by atoms with E-state index >= 15 is 0 Å². The summed E-state index contributed by atoms with van der Waals surface area (Å²) >= 11 is 0. The van der Waals surface area contributed by atoms with E-state index in [9.17, 15) is 13.2 Å². The molecule has 1 fully saturated rings. The van der Waals surface area contributed by atoms with E-state index in [4.69, 9.17) is 4.74 Å². The Hall–Kier alpha value is -1.56. The van der Waals surface area contributed by atoms with E-state index in [0.29, 0.717) is 6.42 Å². The van der Waals surface area contributed by atoms with Crippen LogP contribution < -0.4 is 10.1 Å². The molecule has 1 amide bonds. The highest BCUT2D eigenvalue weighted by Gasteiger charge is 2.28. The van der Waals surface area contributed by atoms with Crippen molar-refractivity contribution in [1.82, 2.24) is 5.32 Å². The number of amides is 1. The topological polar surface area (TPSA) is 72.5 Å². The lowest BCUT2D eigenvalue weighted by atomic mass is 10.1. The van der Waals surface area contributed by atoms with E-state index in [1.807, 2.05) is 26.0 Å². The standard InChI is InChI=1S/C15H21NO4S/c1-11-7-12(2)9-14(8-11)20-5-3-15(17)16-13-4-6-21(18,19)10-13/h7-9,13H,3-6,10H2,1-2H3,(H,16,17)/t13-/m0/s1. The van der Waals surface area contributed by atoms with Crippen LogP contribution in [0.5, 0.6) is 5.75 Å². The number of carbonyl (C=O) groups is 1. The fourth-order valence-corrected chi connectivity index (χ4v) is 4.16. The molecule has 21 heavy (non-hydrogen) atoms. The van der Waals surface area contributed by atoms with Gasteiger partial charge < -0.3 is 10.1 Å². The van der Waals surface area contributed by atoms with Crippen molar-refractivity contribution in [2.24, 2.45) is 0 Å². The van der Waals surface area contributed by atoms with Crippen molar-refractivity contribution >= 4 is 15.7 Å². The van der Waals surface area contributed by atoms with Gasteiger partial charge in [-0.05, 0) is 43.5 Å². The summed E-state index contributed by atoms with van der Waals surface area (Å²) in [6.45, 7) is 4.27. The summed E-state index contributed by atoms with van der Waals surface area (Å²) in [5.41, 5.74) is 2.23. The molecule has 0 aromatic heterocycles. The largest absolute Gasteiger partial charge is 0.493 e. The molecular formula is C15H21NO4S. The highest BCUT2D eigenvalue weighted by Crippen LogP contribution is 2.16. The molecule has 0 aliphatic carbocycles. The third-order valence-electron chi connectivity index (χ3n) is 3.39. The molecule has 2 rings (SSSR count). The summed E-state index contributed by atoms with van der Waals surface area (Å²) in [6, 6.07) is 5.66. The van der Waals surface area contributed by atoms with Crippen molar-refractivity contribution in [3.05, 3.63) is 29.3 Å². The van der Waals surface area contributed by atoms with Crippen LogP contribution in [0.4, 0.5) is 0 Å². The molecule has 1 aromatic rings. The molecule has 1 aliphatic heterocycles. The van der Waals surface area contributed by atoms with Crippen molar-refractivity contribution in [3.63, 3.8) is 0 Å². The van der Waals surface area contributed by atoms with Crippen molar-refractivity contribution in [2.45, 2.75) is 32.7 Å². The normalized spacial score (nSPS) is 20.2. The second-order valence-electron chi connectivity index (χ2n) is 5.59. The molecular weight excluding hydrogens is 290 g/mol. The third kappa shape index (κ3) is 5.04. The summed E-state index contributed by atoms with van der Waals surface area (Å²) in [5, 5.41) is 2.75. The smallest absolute Gasteiger partial charge is 0.223 e. The van der Waals surface area contributed by atoms with E-state index in [1.54, 1.807) is 0 Å². The molecule has 0 unspecified atom stereocenters. The summed E-state index contributed by atoms with van der Waals surface area (Å²) in [4.78, 5) is 11.7. The van der Waals surface area contributed by atoms with Crippen LogP contribution in [-0.4, -0.2) is 38.5 Å². The number of aryl methyl sites for hydroxylation is 2. The minimum atomic E-state index is -2.96. The minimum Gasteiger partial charge on any atom is -0.493 e. The Morgan fingerprint density at radius 2 is 1.95 bits per heavy atom. The van der Waals surface area contributed by atoms with Gasteiger partial charge in [0, 0.05) is 6.04 Å². The molecule has 0 saturated carbocycles. The fraction of sp³-hybridized carbons (Fsp3) is 0.533.